The van der Waals surface area contributed by atoms with Crippen LogP contribution in [-0.4, -0.2) is 0 Å². The lowest BCUT2D eigenvalue weighted by atomic mass is 9.99. The van der Waals surface area contributed by atoms with Crippen LogP contribution in [0.5, 0.6) is 0 Å². The summed E-state index contributed by atoms with van der Waals surface area (Å²) in [6.45, 7) is 0. The molecule has 0 amide bonds. The molecule has 0 aliphatic rings. The SMILES string of the molecule is NC(c1cccc(Br)c1F)c1cccc(F)c1Br. The minimum absolute atomic E-state index is 0.261. The molecule has 0 aliphatic heterocycles. The van der Waals surface area contributed by atoms with E-state index >= 15 is 0 Å². The van der Waals surface area contributed by atoms with Crippen molar-refractivity contribution < 1.29 is 8.78 Å². The number of nitrogens with two attached hydrogens (primary N) is 1. The van der Waals surface area contributed by atoms with Gasteiger partial charge in [-0.05, 0) is 49.6 Å². The number of benzene rings is 2. The van der Waals surface area contributed by atoms with Gasteiger partial charge in [0.2, 0.25) is 0 Å². The highest BCUT2D eigenvalue weighted by atomic mass is 79.9. The first-order chi connectivity index (χ1) is 8.52. The van der Waals surface area contributed by atoms with Gasteiger partial charge in [0, 0.05) is 5.56 Å². The van der Waals surface area contributed by atoms with Crippen LogP contribution in [0.3, 0.4) is 0 Å². The molecule has 1 unspecified atom stereocenters. The maximum atomic E-state index is 13.9. The Morgan fingerprint density at radius 3 is 2.28 bits per heavy atom. The molecule has 0 radical (unpaired) electrons. The summed E-state index contributed by atoms with van der Waals surface area (Å²) in [5.41, 5.74) is 6.82. The molecule has 5 heteroatoms. The molecule has 0 saturated carbocycles. The van der Waals surface area contributed by atoms with Crippen molar-refractivity contribution in [2.24, 2.45) is 5.73 Å². The predicted molar refractivity (Wildman–Crippen MR) is 74.2 cm³/mol. The second-order valence-corrected chi connectivity index (χ2v) is 5.41. The lowest BCUT2D eigenvalue weighted by Gasteiger charge is -2.16. The van der Waals surface area contributed by atoms with Crippen LogP contribution in [0.1, 0.15) is 17.2 Å². The van der Waals surface area contributed by atoms with Gasteiger partial charge in [0.15, 0.2) is 0 Å². The Kier molecular flexibility index (Phi) is 4.14. The predicted octanol–water partition coefficient (Wildman–Crippen LogP) is 4.54. The summed E-state index contributed by atoms with van der Waals surface area (Å²) in [4.78, 5) is 0. The molecule has 1 atom stereocenters. The smallest absolute Gasteiger partial charge is 0.142 e. The average molecular weight is 377 g/mol. The largest absolute Gasteiger partial charge is 0.320 e. The molecule has 0 aliphatic carbocycles. The zero-order valence-electron chi connectivity index (χ0n) is 9.13. The minimum Gasteiger partial charge on any atom is -0.320 e. The first-order valence-electron chi connectivity index (χ1n) is 5.15. The van der Waals surface area contributed by atoms with Crippen molar-refractivity contribution in [2.45, 2.75) is 6.04 Å². The summed E-state index contributed by atoms with van der Waals surface area (Å²) in [6, 6.07) is 8.66. The molecule has 0 aromatic heterocycles. The van der Waals surface area contributed by atoms with Crippen molar-refractivity contribution >= 4 is 31.9 Å². The molecule has 0 saturated heterocycles. The van der Waals surface area contributed by atoms with Crippen LogP contribution >= 0.6 is 31.9 Å². The van der Waals surface area contributed by atoms with E-state index in [1.54, 1.807) is 30.3 Å². The van der Waals surface area contributed by atoms with Crippen molar-refractivity contribution in [3.63, 3.8) is 0 Å². The normalized spacial score (nSPS) is 12.5. The third-order valence-electron chi connectivity index (χ3n) is 2.63. The summed E-state index contributed by atoms with van der Waals surface area (Å²) < 4.78 is 28.0. The second-order valence-electron chi connectivity index (χ2n) is 3.76. The maximum absolute atomic E-state index is 13.9. The van der Waals surface area contributed by atoms with Crippen molar-refractivity contribution in [3.8, 4) is 0 Å². The van der Waals surface area contributed by atoms with E-state index in [1.807, 2.05) is 0 Å². The summed E-state index contributed by atoms with van der Waals surface area (Å²) >= 11 is 6.24. The molecular weight excluding hydrogens is 368 g/mol. The third-order valence-corrected chi connectivity index (χ3v) is 4.08. The molecule has 94 valence electrons. The standard InChI is InChI=1S/C13H9Br2F2N/c14-9-5-1-4-8(12(9)17)13(18)7-3-2-6-10(16)11(7)15/h1-6,13H,18H2. The quantitative estimate of drug-likeness (QED) is 0.818. The van der Waals surface area contributed by atoms with Crippen molar-refractivity contribution in [2.75, 3.05) is 0 Å². The van der Waals surface area contributed by atoms with Crippen LogP contribution in [0.15, 0.2) is 45.3 Å². The molecule has 0 fully saturated rings. The van der Waals surface area contributed by atoms with Crippen LogP contribution in [0.2, 0.25) is 0 Å². The minimum atomic E-state index is -0.729. The Hall–Kier alpha value is -0.780. The van der Waals surface area contributed by atoms with Gasteiger partial charge < -0.3 is 5.73 Å². The van der Waals surface area contributed by atoms with Gasteiger partial charge in [-0.15, -0.1) is 0 Å². The Balaban J connectivity index is 2.51. The highest BCUT2D eigenvalue weighted by Gasteiger charge is 2.18. The van der Waals surface area contributed by atoms with Crippen LogP contribution < -0.4 is 5.73 Å². The number of rotatable bonds is 2. The average Bonchev–Trinajstić information content (AvgIpc) is 2.35. The van der Waals surface area contributed by atoms with Gasteiger partial charge in [-0.1, -0.05) is 24.3 Å². The van der Waals surface area contributed by atoms with E-state index in [2.05, 4.69) is 31.9 Å². The Bertz CT molecular complexity index is 536. The van der Waals surface area contributed by atoms with Gasteiger partial charge in [-0.3, -0.25) is 0 Å². The van der Waals surface area contributed by atoms with Crippen LogP contribution in [0.25, 0.3) is 0 Å². The van der Waals surface area contributed by atoms with Crippen LogP contribution in [0, 0.1) is 11.6 Å². The monoisotopic (exact) mass is 375 g/mol. The van der Waals surface area contributed by atoms with Gasteiger partial charge in [0.25, 0.3) is 0 Å². The van der Waals surface area contributed by atoms with Crippen molar-refractivity contribution in [3.05, 3.63) is 68.1 Å². The van der Waals surface area contributed by atoms with Gasteiger partial charge in [-0.25, -0.2) is 8.78 Å². The molecule has 2 rings (SSSR count). The van der Waals surface area contributed by atoms with E-state index < -0.39 is 17.7 Å². The van der Waals surface area contributed by atoms with Gasteiger partial charge in [0.05, 0.1) is 15.0 Å². The van der Waals surface area contributed by atoms with Crippen molar-refractivity contribution in [1.29, 1.82) is 0 Å². The molecule has 0 heterocycles. The molecule has 18 heavy (non-hydrogen) atoms. The van der Waals surface area contributed by atoms with Gasteiger partial charge in [0.1, 0.15) is 11.6 Å². The molecule has 0 spiro atoms. The van der Waals surface area contributed by atoms with E-state index in [4.69, 9.17) is 5.73 Å². The van der Waals surface area contributed by atoms with Crippen molar-refractivity contribution in [1.82, 2.24) is 0 Å². The van der Waals surface area contributed by atoms with E-state index in [0.717, 1.165) is 0 Å². The lowest BCUT2D eigenvalue weighted by molar-refractivity contribution is 0.588. The molecule has 2 N–H and O–H groups in total. The van der Waals surface area contributed by atoms with E-state index in [1.165, 1.54) is 6.07 Å². The van der Waals surface area contributed by atoms with E-state index in [9.17, 15) is 8.78 Å². The third kappa shape index (κ3) is 2.48. The van der Waals surface area contributed by atoms with Crippen LogP contribution in [0.4, 0.5) is 8.78 Å². The summed E-state index contributed by atoms with van der Waals surface area (Å²) in [7, 11) is 0. The molecular formula is C13H9Br2F2N. The lowest BCUT2D eigenvalue weighted by Crippen LogP contribution is -2.15. The summed E-state index contributed by atoms with van der Waals surface area (Å²) in [5, 5.41) is 0. The van der Waals surface area contributed by atoms with Gasteiger partial charge in [-0.2, -0.15) is 0 Å². The number of hydrogen-bond donors (Lipinski definition) is 1. The number of hydrogen-bond acceptors (Lipinski definition) is 1. The second kappa shape index (κ2) is 5.47. The highest BCUT2D eigenvalue weighted by molar-refractivity contribution is 9.10. The summed E-state index contributed by atoms with van der Waals surface area (Å²) in [6.07, 6.45) is 0. The molecule has 2 aromatic carbocycles. The molecule has 0 bridgehead atoms. The van der Waals surface area contributed by atoms with Crippen LogP contribution in [-0.2, 0) is 0 Å². The zero-order chi connectivity index (χ0) is 13.3. The van der Waals surface area contributed by atoms with E-state index in [-0.39, 0.29) is 4.47 Å². The Labute approximate surface area is 120 Å². The fourth-order valence-corrected chi connectivity index (χ4v) is 2.58. The Morgan fingerprint density at radius 1 is 0.944 bits per heavy atom. The fraction of sp³-hybridized carbons (Fsp3) is 0.0769. The number of halogens is 4. The first kappa shape index (κ1) is 13.6. The van der Waals surface area contributed by atoms with E-state index in [0.29, 0.717) is 15.6 Å². The fourth-order valence-electron chi connectivity index (χ4n) is 1.69. The topological polar surface area (TPSA) is 26.0 Å². The molecule has 1 nitrogen and oxygen atoms in total. The Morgan fingerprint density at radius 2 is 1.56 bits per heavy atom. The highest BCUT2D eigenvalue weighted by Crippen LogP contribution is 2.31. The van der Waals surface area contributed by atoms with Gasteiger partial charge >= 0.3 is 0 Å². The zero-order valence-corrected chi connectivity index (χ0v) is 12.3. The first-order valence-corrected chi connectivity index (χ1v) is 6.74. The summed E-state index contributed by atoms with van der Waals surface area (Å²) in [5.74, 6) is -0.848. The maximum Gasteiger partial charge on any atom is 0.142 e. The molecule has 2 aromatic rings.